The first-order valence-corrected chi connectivity index (χ1v) is 6.01. The van der Waals surface area contributed by atoms with Crippen LogP contribution >= 0.6 is 23.8 Å². The smallest absolute Gasteiger partial charge is 0.271 e. The molecular weight excluding hydrogens is 274 g/mol. The molecule has 0 amide bonds. The molecule has 18 heavy (non-hydrogen) atoms. The molecule has 0 saturated heterocycles. The minimum atomic E-state index is -0.499. The molecule has 0 unspecified atom stereocenters. The van der Waals surface area contributed by atoms with Gasteiger partial charge in [0.15, 0.2) is 5.11 Å². The molecule has 0 saturated carbocycles. The second-order valence-electron chi connectivity index (χ2n) is 4.75. The molecular formula is C11H14ClN3O2S. The van der Waals surface area contributed by atoms with Gasteiger partial charge in [-0.15, -0.1) is 0 Å². The molecule has 0 heterocycles. The first-order valence-electron chi connectivity index (χ1n) is 5.22. The number of benzene rings is 1. The zero-order chi connectivity index (χ0) is 13.9. The summed E-state index contributed by atoms with van der Waals surface area (Å²) in [5.41, 5.74) is 0.307. The maximum Gasteiger partial charge on any atom is 0.271 e. The van der Waals surface area contributed by atoms with Crippen LogP contribution in [0.4, 0.5) is 11.4 Å². The highest BCUT2D eigenvalue weighted by Gasteiger charge is 2.13. The predicted molar refractivity (Wildman–Crippen MR) is 77.2 cm³/mol. The topological polar surface area (TPSA) is 67.2 Å². The summed E-state index contributed by atoms with van der Waals surface area (Å²) in [6.45, 7) is 5.91. The van der Waals surface area contributed by atoms with E-state index in [1.807, 2.05) is 20.8 Å². The van der Waals surface area contributed by atoms with Crippen molar-refractivity contribution < 1.29 is 4.92 Å². The molecule has 1 rings (SSSR count). The Balaban J connectivity index is 2.80. The van der Waals surface area contributed by atoms with E-state index in [0.717, 1.165) is 0 Å². The highest BCUT2D eigenvalue weighted by atomic mass is 35.5. The zero-order valence-corrected chi connectivity index (χ0v) is 11.9. The SMILES string of the molecule is CC(C)(C)NC(=S)Nc1ccc([N+](=O)[O-])cc1Cl. The first kappa shape index (κ1) is 14.7. The molecule has 0 aliphatic heterocycles. The Kier molecular flexibility index (Phi) is 4.48. The van der Waals surface area contributed by atoms with Gasteiger partial charge < -0.3 is 10.6 Å². The Morgan fingerprint density at radius 1 is 1.44 bits per heavy atom. The van der Waals surface area contributed by atoms with E-state index in [1.54, 1.807) is 0 Å². The van der Waals surface area contributed by atoms with Crippen molar-refractivity contribution in [1.82, 2.24) is 5.32 Å². The van der Waals surface area contributed by atoms with E-state index < -0.39 is 4.92 Å². The monoisotopic (exact) mass is 287 g/mol. The molecule has 7 heteroatoms. The van der Waals surface area contributed by atoms with Crippen LogP contribution in [0.15, 0.2) is 18.2 Å². The second-order valence-corrected chi connectivity index (χ2v) is 5.57. The van der Waals surface area contributed by atoms with Crippen molar-refractivity contribution in [2.24, 2.45) is 0 Å². The molecule has 1 aromatic carbocycles. The fourth-order valence-electron chi connectivity index (χ4n) is 1.21. The highest BCUT2D eigenvalue weighted by Crippen LogP contribution is 2.26. The van der Waals surface area contributed by atoms with Crippen LogP contribution in [0.25, 0.3) is 0 Å². The van der Waals surface area contributed by atoms with Gasteiger partial charge in [-0.1, -0.05) is 11.6 Å². The van der Waals surface area contributed by atoms with Gasteiger partial charge in [0.1, 0.15) is 0 Å². The summed E-state index contributed by atoms with van der Waals surface area (Å²) >= 11 is 11.0. The van der Waals surface area contributed by atoms with Crippen molar-refractivity contribution in [3.8, 4) is 0 Å². The Bertz CT molecular complexity index is 486. The lowest BCUT2D eigenvalue weighted by molar-refractivity contribution is -0.384. The van der Waals surface area contributed by atoms with E-state index in [2.05, 4.69) is 10.6 Å². The highest BCUT2D eigenvalue weighted by molar-refractivity contribution is 7.80. The van der Waals surface area contributed by atoms with Gasteiger partial charge in [0.2, 0.25) is 0 Å². The summed E-state index contributed by atoms with van der Waals surface area (Å²) in [6.07, 6.45) is 0. The largest absolute Gasteiger partial charge is 0.358 e. The average Bonchev–Trinajstić information content (AvgIpc) is 2.17. The Morgan fingerprint density at radius 3 is 2.50 bits per heavy atom. The summed E-state index contributed by atoms with van der Waals surface area (Å²) in [5, 5.41) is 17.2. The number of nitrogens with one attached hydrogen (secondary N) is 2. The van der Waals surface area contributed by atoms with E-state index in [4.69, 9.17) is 23.8 Å². The summed E-state index contributed by atoms with van der Waals surface area (Å²) in [7, 11) is 0. The molecule has 0 atom stereocenters. The number of nitrogens with zero attached hydrogens (tertiary/aromatic N) is 1. The molecule has 0 aliphatic carbocycles. The Hall–Kier alpha value is -1.40. The van der Waals surface area contributed by atoms with E-state index in [9.17, 15) is 10.1 Å². The number of anilines is 1. The number of halogens is 1. The van der Waals surface area contributed by atoms with Crippen LogP contribution in [0, 0.1) is 10.1 Å². The van der Waals surface area contributed by atoms with E-state index >= 15 is 0 Å². The number of nitro groups is 1. The average molecular weight is 288 g/mol. The third-order valence-corrected chi connectivity index (χ3v) is 2.42. The molecule has 5 nitrogen and oxygen atoms in total. The first-order chi connectivity index (χ1) is 8.19. The van der Waals surface area contributed by atoms with Crippen LogP contribution in [0.5, 0.6) is 0 Å². The van der Waals surface area contributed by atoms with Gasteiger partial charge in [0.25, 0.3) is 5.69 Å². The van der Waals surface area contributed by atoms with Crippen LogP contribution in [0.1, 0.15) is 20.8 Å². The van der Waals surface area contributed by atoms with Gasteiger partial charge in [-0.25, -0.2) is 0 Å². The van der Waals surface area contributed by atoms with E-state index in [0.29, 0.717) is 10.8 Å². The second kappa shape index (κ2) is 5.49. The van der Waals surface area contributed by atoms with Crippen molar-refractivity contribution in [3.05, 3.63) is 33.3 Å². The number of rotatable bonds is 2. The Morgan fingerprint density at radius 2 is 2.06 bits per heavy atom. The molecule has 0 radical (unpaired) electrons. The summed E-state index contributed by atoms with van der Waals surface area (Å²) < 4.78 is 0. The molecule has 0 bridgehead atoms. The lowest BCUT2D eigenvalue weighted by atomic mass is 10.1. The van der Waals surface area contributed by atoms with Crippen LogP contribution in [-0.2, 0) is 0 Å². The Labute approximate surface area is 116 Å². The predicted octanol–water partition coefficient (Wildman–Crippen LogP) is 3.33. The van der Waals surface area contributed by atoms with Gasteiger partial charge in [0, 0.05) is 17.7 Å². The van der Waals surface area contributed by atoms with Crippen LogP contribution in [0.2, 0.25) is 5.02 Å². The molecule has 2 N–H and O–H groups in total. The molecule has 1 aromatic rings. The van der Waals surface area contributed by atoms with Gasteiger partial charge in [-0.05, 0) is 39.1 Å². The van der Waals surface area contributed by atoms with Crippen LogP contribution in [-0.4, -0.2) is 15.6 Å². The van der Waals surface area contributed by atoms with E-state index in [1.165, 1.54) is 18.2 Å². The normalized spacial score (nSPS) is 10.9. The van der Waals surface area contributed by atoms with Gasteiger partial charge in [-0.3, -0.25) is 10.1 Å². The minimum absolute atomic E-state index is 0.0553. The fraction of sp³-hybridized carbons (Fsp3) is 0.364. The minimum Gasteiger partial charge on any atom is -0.358 e. The number of non-ortho nitro benzene ring substituents is 1. The molecule has 0 aromatic heterocycles. The quantitative estimate of drug-likeness (QED) is 0.496. The lowest BCUT2D eigenvalue weighted by Gasteiger charge is -2.23. The van der Waals surface area contributed by atoms with Crippen molar-refractivity contribution in [2.45, 2.75) is 26.3 Å². The fourth-order valence-corrected chi connectivity index (χ4v) is 1.85. The number of hydrogen-bond donors (Lipinski definition) is 2. The molecule has 98 valence electrons. The molecule has 0 aliphatic rings. The van der Waals surface area contributed by atoms with Crippen molar-refractivity contribution >= 4 is 40.3 Å². The van der Waals surface area contributed by atoms with Crippen molar-refractivity contribution in [2.75, 3.05) is 5.32 Å². The standard InChI is InChI=1S/C11H14ClN3O2S/c1-11(2,3)14-10(18)13-9-5-4-7(15(16)17)6-8(9)12/h4-6H,1-3H3,(H2,13,14,18). The summed E-state index contributed by atoms with van der Waals surface area (Å²) in [4.78, 5) is 10.1. The van der Waals surface area contributed by atoms with Crippen molar-refractivity contribution in [3.63, 3.8) is 0 Å². The number of thiocarbonyl (C=S) groups is 1. The van der Waals surface area contributed by atoms with Crippen molar-refractivity contribution in [1.29, 1.82) is 0 Å². The summed E-state index contributed by atoms with van der Waals surface area (Å²) in [5.74, 6) is 0. The van der Waals surface area contributed by atoms with E-state index in [-0.39, 0.29) is 16.2 Å². The van der Waals surface area contributed by atoms with Gasteiger partial charge >= 0.3 is 0 Å². The maximum atomic E-state index is 10.6. The van der Waals surface area contributed by atoms with Gasteiger partial charge in [-0.2, -0.15) is 0 Å². The lowest BCUT2D eigenvalue weighted by Crippen LogP contribution is -2.42. The third-order valence-electron chi connectivity index (χ3n) is 1.90. The number of nitro benzene ring substituents is 1. The number of hydrogen-bond acceptors (Lipinski definition) is 3. The molecule has 0 spiro atoms. The third kappa shape index (κ3) is 4.46. The van der Waals surface area contributed by atoms with Crippen LogP contribution < -0.4 is 10.6 Å². The molecule has 0 fully saturated rings. The maximum absolute atomic E-state index is 10.6. The van der Waals surface area contributed by atoms with Gasteiger partial charge in [0.05, 0.1) is 15.6 Å². The summed E-state index contributed by atoms with van der Waals surface area (Å²) in [6, 6.07) is 4.18. The zero-order valence-electron chi connectivity index (χ0n) is 10.3. The van der Waals surface area contributed by atoms with Crippen LogP contribution in [0.3, 0.4) is 0 Å².